The average Bonchev–Trinajstić information content (AvgIpc) is 2.98. The van der Waals surface area contributed by atoms with E-state index in [1.54, 1.807) is 20.3 Å². The molecule has 0 radical (unpaired) electrons. The molecule has 2 N–H and O–H groups in total. The fraction of sp³-hybridized carbons (Fsp3) is 0.250. The van der Waals surface area contributed by atoms with Gasteiger partial charge in [0.05, 0.1) is 32.9 Å². The van der Waals surface area contributed by atoms with Gasteiger partial charge in [-0.1, -0.05) is 6.07 Å². The number of aliphatic carboxylic acids is 1. The van der Waals surface area contributed by atoms with Crippen molar-refractivity contribution in [1.82, 2.24) is 4.98 Å². The van der Waals surface area contributed by atoms with Gasteiger partial charge in [0.15, 0.2) is 11.5 Å². The number of nitrogens with one attached hydrogen (secondary N) is 1. The number of aromatic amines is 1. The highest BCUT2D eigenvalue weighted by atomic mass is 16.5. The molecule has 0 atom stereocenters. The van der Waals surface area contributed by atoms with Crippen LogP contribution in [0.2, 0.25) is 0 Å². The van der Waals surface area contributed by atoms with Gasteiger partial charge in [-0.15, -0.1) is 0 Å². The number of benzene rings is 2. The summed E-state index contributed by atoms with van der Waals surface area (Å²) in [4.78, 5) is 14.8. The van der Waals surface area contributed by atoms with E-state index in [2.05, 4.69) is 4.98 Å². The van der Waals surface area contributed by atoms with Gasteiger partial charge in [0.2, 0.25) is 0 Å². The first-order chi connectivity index (χ1) is 12.6. The van der Waals surface area contributed by atoms with Crippen LogP contribution < -0.4 is 14.2 Å². The maximum Gasteiger partial charge on any atom is 0.307 e. The van der Waals surface area contributed by atoms with Crippen LogP contribution in [-0.4, -0.2) is 36.9 Å². The van der Waals surface area contributed by atoms with Crippen molar-refractivity contribution in [3.05, 3.63) is 42.0 Å². The summed E-state index contributed by atoms with van der Waals surface area (Å²) >= 11 is 0. The van der Waals surface area contributed by atoms with Gasteiger partial charge >= 0.3 is 5.97 Å². The number of hydrogen-bond acceptors (Lipinski definition) is 4. The number of methoxy groups -OCH3 is 2. The Hall–Kier alpha value is -3.15. The molecule has 0 unspecified atom stereocenters. The Morgan fingerprint density at radius 3 is 2.62 bits per heavy atom. The molecule has 0 aliphatic rings. The van der Waals surface area contributed by atoms with Gasteiger partial charge in [0, 0.05) is 16.5 Å². The van der Waals surface area contributed by atoms with Crippen molar-refractivity contribution >= 4 is 16.9 Å². The Balaban J connectivity index is 2.27. The van der Waals surface area contributed by atoms with Crippen LogP contribution in [0.4, 0.5) is 0 Å². The van der Waals surface area contributed by atoms with Crippen molar-refractivity contribution < 1.29 is 24.1 Å². The summed E-state index contributed by atoms with van der Waals surface area (Å²) in [6.45, 7) is 2.45. The number of carboxylic acid groups (broad SMARTS) is 1. The van der Waals surface area contributed by atoms with Gasteiger partial charge in [0.25, 0.3) is 0 Å². The molecule has 0 aliphatic carbocycles. The van der Waals surface area contributed by atoms with Crippen molar-refractivity contribution in [2.45, 2.75) is 13.3 Å². The highest BCUT2D eigenvalue weighted by Crippen LogP contribution is 2.41. The largest absolute Gasteiger partial charge is 0.494 e. The topological polar surface area (TPSA) is 80.8 Å². The molecule has 26 heavy (non-hydrogen) atoms. The van der Waals surface area contributed by atoms with Gasteiger partial charge in [-0.05, 0) is 42.8 Å². The Morgan fingerprint density at radius 1 is 1.15 bits per heavy atom. The third-order valence-electron chi connectivity index (χ3n) is 4.19. The molecule has 0 saturated heterocycles. The summed E-state index contributed by atoms with van der Waals surface area (Å²) in [5, 5.41) is 10.2. The lowest BCUT2D eigenvalue weighted by molar-refractivity contribution is -0.136. The average molecular weight is 355 g/mol. The van der Waals surface area contributed by atoms with Gasteiger partial charge in [-0.3, -0.25) is 4.79 Å². The molecule has 136 valence electrons. The van der Waals surface area contributed by atoms with Gasteiger partial charge in [-0.25, -0.2) is 0 Å². The highest BCUT2D eigenvalue weighted by Gasteiger charge is 2.20. The van der Waals surface area contributed by atoms with E-state index < -0.39 is 5.97 Å². The monoisotopic (exact) mass is 355 g/mol. The minimum Gasteiger partial charge on any atom is -0.494 e. The van der Waals surface area contributed by atoms with Crippen molar-refractivity contribution in [2.75, 3.05) is 20.8 Å². The summed E-state index contributed by atoms with van der Waals surface area (Å²) in [5.41, 5.74) is 2.97. The molecule has 3 aromatic rings. The zero-order chi connectivity index (χ0) is 18.7. The quantitative estimate of drug-likeness (QED) is 0.672. The number of H-pyrrole nitrogens is 1. The van der Waals surface area contributed by atoms with E-state index in [1.165, 1.54) is 0 Å². The van der Waals surface area contributed by atoms with E-state index in [0.29, 0.717) is 35.1 Å². The van der Waals surface area contributed by atoms with Crippen LogP contribution in [0.3, 0.4) is 0 Å². The lowest BCUT2D eigenvalue weighted by Gasteiger charge is -2.13. The molecule has 6 nitrogen and oxygen atoms in total. The van der Waals surface area contributed by atoms with E-state index in [-0.39, 0.29) is 6.42 Å². The van der Waals surface area contributed by atoms with Crippen molar-refractivity contribution in [3.63, 3.8) is 0 Å². The fourth-order valence-corrected chi connectivity index (χ4v) is 3.13. The first-order valence-electron chi connectivity index (χ1n) is 8.29. The fourth-order valence-electron chi connectivity index (χ4n) is 3.13. The summed E-state index contributed by atoms with van der Waals surface area (Å²) in [6.07, 6.45) is -0.120. The lowest BCUT2D eigenvalue weighted by atomic mass is 10.0. The molecule has 1 aromatic heterocycles. The molecule has 0 aliphatic heterocycles. The molecule has 0 spiro atoms. The van der Waals surface area contributed by atoms with E-state index in [4.69, 9.17) is 14.2 Å². The predicted molar refractivity (Wildman–Crippen MR) is 99.3 cm³/mol. The zero-order valence-electron chi connectivity index (χ0n) is 15.0. The summed E-state index contributed by atoms with van der Waals surface area (Å²) in [7, 11) is 3.13. The molecule has 1 heterocycles. The Morgan fingerprint density at radius 2 is 1.96 bits per heavy atom. The third-order valence-corrected chi connectivity index (χ3v) is 4.19. The first-order valence-corrected chi connectivity index (χ1v) is 8.29. The maximum atomic E-state index is 11.5. The van der Waals surface area contributed by atoms with Crippen molar-refractivity contribution in [2.24, 2.45) is 0 Å². The summed E-state index contributed by atoms with van der Waals surface area (Å²) in [5.74, 6) is 0.934. The number of para-hydroxylation sites is 1. The van der Waals surface area contributed by atoms with E-state index >= 15 is 0 Å². The second-order valence-electron chi connectivity index (χ2n) is 5.73. The summed E-state index contributed by atoms with van der Waals surface area (Å²) in [6, 6.07) is 11.1. The number of fused-ring (bicyclic) bond motifs is 1. The van der Waals surface area contributed by atoms with Crippen LogP contribution >= 0.6 is 0 Å². The van der Waals surface area contributed by atoms with Gasteiger partial charge in [0.1, 0.15) is 5.75 Å². The second kappa shape index (κ2) is 7.39. The molecule has 2 aromatic carbocycles. The number of carboxylic acids is 1. The number of ether oxygens (including phenoxy) is 3. The smallest absolute Gasteiger partial charge is 0.307 e. The van der Waals surface area contributed by atoms with Crippen LogP contribution in [0.1, 0.15) is 12.5 Å². The SMILES string of the molecule is CCOc1ccc2[nH]c(-c3cccc(OC)c3OC)c(CC(=O)O)c2c1. The second-order valence-corrected chi connectivity index (χ2v) is 5.73. The number of aromatic nitrogens is 1. The minimum absolute atomic E-state index is 0.120. The minimum atomic E-state index is -0.907. The molecule has 0 amide bonds. The molecular weight excluding hydrogens is 334 g/mol. The van der Waals surface area contributed by atoms with Crippen LogP contribution in [0, 0.1) is 0 Å². The lowest BCUT2D eigenvalue weighted by Crippen LogP contribution is -2.02. The van der Waals surface area contributed by atoms with Crippen molar-refractivity contribution in [3.8, 4) is 28.5 Å². The van der Waals surface area contributed by atoms with Gasteiger partial charge in [-0.2, -0.15) is 0 Å². The van der Waals surface area contributed by atoms with Crippen molar-refractivity contribution in [1.29, 1.82) is 0 Å². The molecular formula is C20H21NO5. The number of carbonyl (C=O) groups is 1. The molecule has 6 heteroatoms. The van der Waals surface area contributed by atoms with E-state index in [0.717, 1.165) is 16.5 Å². The Bertz CT molecular complexity index is 945. The zero-order valence-corrected chi connectivity index (χ0v) is 15.0. The number of hydrogen-bond donors (Lipinski definition) is 2. The normalized spacial score (nSPS) is 10.7. The maximum absolute atomic E-state index is 11.5. The molecule has 0 bridgehead atoms. The van der Waals surface area contributed by atoms with E-state index in [1.807, 2.05) is 37.3 Å². The Kier molecular flexibility index (Phi) is 5.02. The highest BCUT2D eigenvalue weighted by molar-refractivity contribution is 5.95. The molecule has 0 saturated carbocycles. The van der Waals surface area contributed by atoms with E-state index in [9.17, 15) is 9.90 Å². The first kappa shape index (κ1) is 17.7. The van der Waals surface area contributed by atoms with Crippen LogP contribution in [0.25, 0.3) is 22.2 Å². The van der Waals surface area contributed by atoms with Gasteiger partial charge < -0.3 is 24.3 Å². The standard InChI is InChI=1S/C20H21NO5/c1-4-26-12-8-9-16-14(10-12)15(11-18(22)23)19(21-16)13-6-5-7-17(24-2)20(13)25-3/h5-10,21H,4,11H2,1-3H3,(H,22,23). The summed E-state index contributed by atoms with van der Waals surface area (Å²) < 4.78 is 16.5. The van der Waals surface area contributed by atoms with Crippen LogP contribution in [0.15, 0.2) is 36.4 Å². The molecule has 3 rings (SSSR count). The Labute approximate surface area is 151 Å². The predicted octanol–water partition coefficient (Wildman–Crippen LogP) is 3.88. The molecule has 0 fully saturated rings. The third kappa shape index (κ3) is 3.18. The number of rotatable bonds is 7. The van der Waals surface area contributed by atoms with Crippen LogP contribution in [-0.2, 0) is 11.2 Å². The van der Waals surface area contributed by atoms with Crippen LogP contribution in [0.5, 0.6) is 17.2 Å².